The van der Waals surface area contributed by atoms with Gasteiger partial charge in [0.2, 0.25) is 11.7 Å². The van der Waals surface area contributed by atoms with Crippen molar-refractivity contribution in [1.82, 2.24) is 24.7 Å². The SMILES string of the molecule is COc1ccc(-c2cnc(C(=O)Nc3ccc(C(=O)N4CCN(C(=O)CCC[N+](C)(CCCNC(=O)OC(C)(C)C)CC(=O)OC(C)(C)C)CC4)c(Cl)c3)n2C)c(F)c1F. The van der Waals surface area contributed by atoms with Gasteiger partial charge in [0.1, 0.15) is 11.2 Å². The van der Waals surface area contributed by atoms with Crippen LogP contribution >= 0.6 is 11.6 Å². The molecule has 18 heteroatoms. The van der Waals surface area contributed by atoms with Crippen LogP contribution in [0.5, 0.6) is 5.75 Å². The molecular weight excluding hydrogens is 804 g/mol. The molecule has 0 bridgehead atoms. The third-order valence-corrected chi connectivity index (χ3v) is 9.99. The molecule has 3 aromatic rings. The van der Waals surface area contributed by atoms with E-state index in [1.54, 1.807) is 30.6 Å². The molecule has 1 aliphatic rings. The van der Waals surface area contributed by atoms with Crippen LogP contribution in [-0.2, 0) is 26.1 Å². The molecule has 2 aromatic carbocycles. The van der Waals surface area contributed by atoms with Gasteiger partial charge < -0.3 is 43.7 Å². The van der Waals surface area contributed by atoms with Crippen LogP contribution in [0.2, 0.25) is 5.02 Å². The summed E-state index contributed by atoms with van der Waals surface area (Å²) in [7, 11) is 4.65. The van der Waals surface area contributed by atoms with E-state index >= 15 is 0 Å². The second kappa shape index (κ2) is 19.8. The number of halogens is 3. The highest BCUT2D eigenvalue weighted by molar-refractivity contribution is 6.34. The van der Waals surface area contributed by atoms with E-state index < -0.39 is 34.8 Å². The van der Waals surface area contributed by atoms with E-state index in [0.717, 1.165) is 0 Å². The predicted octanol–water partition coefficient (Wildman–Crippen LogP) is 6.05. The fourth-order valence-corrected chi connectivity index (χ4v) is 6.99. The van der Waals surface area contributed by atoms with Crippen LogP contribution in [0.3, 0.4) is 0 Å². The summed E-state index contributed by atoms with van der Waals surface area (Å²) in [6.45, 7) is 13.6. The van der Waals surface area contributed by atoms with Crippen molar-refractivity contribution in [3.05, 3.63) is 64.6 Å². The topological polar surface area (TPSA) is 161 Å². The van der Waals surface area contributed by atoms with E-state index in [9.17, 15) is 32.8 Å². The number of alkyl carbamates (subject to hydrolysis) is 1. The van der Waals surface area contributed by atoms with E-state index in [0.29, 0.717) is 50.0 Å². The Kier molecular flexibility index (Phi) is 15.7. The molecule has 1 atom stereocenters. The Morgan fingerprint density at radius 2 is 1.52 bits per heavy atom. The number of aromatic nitrogens is 2. The number of quaternary nitrogens is 1. The maximum absolute atomic E-state index is 14.8. The molecule has 2 N–H and O–H groups in total. The number of benzene rings is 2. The van der Waals surface area contributed by atoms with Gasteiger partial charge in [0.15, 0.2) is 23.9 Å². The Balaban J connectivity index is 1.28. The van der Waals surface area contributed by atoms with Crippen LogP contribution in [0.4, 0.5) is 19.3 Å². The summed E-state index contributed by atoms with van der Waals surface area (Å²) in [5, 5.41) is 5.52. The molecule has 0 saturated carbocycles. The molecule has 0 aliphatic carbocycles. The zero-order valence-corrected chi connectivity index (χ0v) is 36.6. The number of carbonyl (C=O) groups is 5. The van der Waals surface area contributed by atoms with Crippen molar-refractivity contribution < 1.29 is 51.4 Å². The standard InChI is InChI=1S/C42H56ClF2N7O8/c1-41(2,3)59-34(54)26-52(8,23-11-17-46-40(57)60-42(4,5)6)22-10-12-33(53)50-18-20-51(21-19-50)39(56)28-14-13-27(24-30(28)43)48-38(55)37-47-25-31(49(37)7)29-15-16-32(58-9)36(45)35(29)44/h13-16,24-25H,10-12,17-23,26H2,1-9H3,(H-,46,48,55,56,57)/p+1. The summed E-state index contributed by atoms with van der Waals surface area (Å²) in [5.74, 6) is -4.02. The number of carbonyl (C=O) groups excluding carboxylic acids is 5. The number of ether oxygens (including phenoxy) is 3. The van der Waals surface area contributed by atoms with E-state index in [-0.39, 0.29) is 82.9 Å². The fourth-order valence-electron chi connectivity index (χ4n) is 6.73. The number of nitrogens with one attached hydrogen (secondary N) is 2. The van der Waals surface area contributed by atoms with Gasteiger partial charge in [-0.05, 0) is 71.9 Å². The molecule has 328 valence electrons. The lowest BCUT2D eigenvalue weighted by Gasteiger charge is -2.36. The zero-order valence-electron chi connectivity index (χ0n) is 35.9. The summed E-state index contributed by atoms with van der Waals surface area (Å²) < 4.78 is 46.5. The molecule has 1 aromatic heterocycles. The normalized spacial score (nSPS) is 14.3. The second-order valence-electron chi connectivity index (χ2n) is 17.0. The van der Waals surface area contributed by atoms with Crippen molar-refractivity contribution in [3.63, 3.8) is 0 Å². The molecule has 1 saturated heterocycles. The summed E-state index contributed by atoms with van der Waals surface area (Å²) >= 11 is 6.53. The summed E-state index contributed by atoms with van der Waals surface area (Å²) in [5.41, 5.74) is -0.708. The lowest BCUT2D eigenvalue weighted by atomic mass is 10.1. The Labute approximate surface area is 354 Å². The van der Waals surface area contributed by atoms with Gasteiger partial charge in [-0.1, -0.05) is 11.6 Å². The third kappa shape index (κ3) is 13.1. The number of nitrogens with zero attached hydrogens (tertiary/aromatic N) is 5. The zero-order chi connectivity index (χ0) is 44.6. The number of anilines is 1. The average molecular weight is 861 g/mol. The third-order valence-electron chi connectivity index (χ3n) is 9.67. The van der Waals surface area contributed by atoms with Crippen LogP contribution in [0, 0.1) is 11.6 Å². The fraction of sp³-hybridized carbons (Fsp3) is 0.524. The van der Waals surface area contributed by atoms with Gasteiger partial charge in [-0.15, -0.1) is 0 Å². The number of imidazole rings is 1. The van der Waals surface area contributed by atoms with Crippen molar-refractivity contribution in [2.75, 3.05) is 71.8 Å². The highest BCUT2D eigenvalue weighted by Crippen LogP contribution is 2.30. The quantitative estimate of drug-likeness (QED) is 0.105. The summed E-state index contributed by atoms with van der Waals surface area (Å²) in [6, 6.07) is 7.06. The van der Waals surface area contributed by atoms with Gasteiger partial charge in [0, 0.05) is 70.3 Å². The highest BCUT2D eigenvalue weighted by atomic mass is 35.5. The Hall–Kier alpha value is -5.29. The van der Waals surface area contributed by atoms with Crippen LogP contribution in [0.25, 0.3) is 11.3 Å². The maximum Gasteiger partial charge on any atom is 0.407 e. The first kappa shape index (κ1) is 47.4. The van der Waals surface area contributed by atoms with E-state index in [2.05, 4.69) is 15.6 Å². The summed E-state index contributed by atoms with van der Waals surface area (Å²) in [4.78, 5) is 72.3. The lowest BCUT2D eigenvalue weighted by Crippen LogP contribution is -2.52. The highest BCUT2D eigenvalue weighted by Gasteiger charge is 2.31. The number of esters is 1. The molecule has 15 nitrogen and oxygen atoms in total. The van der Waals surface area contributed by atoms with E-state index in [1.807, 2.05) is 27.8 Å². The van der Waals surface area contributed by atoms with E-state index in [1.165, 1.54) is 55.3 Å². The van der Waals surface area contributed by atoms with Gasteiger partial charge >= 0.3 is 12.1 Å². The van der Waals surface area contributed by atoms with Crippen molar-refractivity contribution in [2.45, 2.75) is 72.0 Å². The average Bonchev–Trinajstić information content (AvgIpc) is 3.53. The second-order valence-corrected chi connectivity index (χ2v) is 17.4. The molecule has 0 spiro atoms. The molecule has 60 heavy (non-hydrogen) atoms. The minimum Gasteiger partial charge on any atom is -0.494 e. The van der Waals surface area contributed by atoms with Gasteiger partial charge in [-0.3, -0.25) is 14.4 Å². The smallest absolute Gasteiger partial charge is 0.407 e. The van der Waals surface area contributed by atoms with Crippen LogP contribution in [0.1, 0.15) is 81.8 Å². The minimum atomic E-state index is -1.16. The molecule has 1 aliphatic heterocycles. The first-order valence-electron chi connectivity index (χ1n) is 19.7. The number of rotatable bonds is 15. The number of likely N-dealkylation sites (N-methyl/N-ethyl adjacent to an activating group) is 1. The molecule has 0 radical (unpaired) electrons. The van der Waals surface area contributed by atoms with Crippen molar-refractivity contribution in [1.29, 1.82) is 0 Å². The molecule has 1 unspecified atom stereocenters. The first-order valence-corrected chi connectivity index (χ1v) is 20.1. The van der Waals surface area contributed by atoms with Crippen LogP contribution in [-0.4, -0.2) is 131 Å². The molecule has 4 amide bonds. The van der Waals surface area contributed by atoms with Crippen LogP contribution in [0.15, 0.2) is 36.5 Å². The van der Waals surface area contributed by atoms with Gasteiger partial charge in [0.05, 0.1) is 49.7 Å². The first-order chi connectivity index (χ1) is 28.0. The number of methoxy groups -OCH3 is 1. The molecule has 2 heterocycles. The van der Waals surface area contributed by atoms with Gasteiger partial charge in [-0.25, -0.2) is 19.0 Å². The number of amides is 4. The number of piperazine rings is 1. The minimum absolute atomic E-state index is 0.0585. The molecular formula is C42H57ClF2N7O8+. The predicted molar refractivity (Wildman–Crippen MR) is 222 cm³/mol. The lowest BCUT2D eigenvalue weighted by molar-refractivity contribution is -0.902. The summed E-state index contributed by atoms with van der Waals surface area (Å²) in [6.07, 6.45) is 2.09. The van der Waals surface area contributed by atoms with Crippen LogP contribution < -0.4 is 15.4 Å². The Morgan fingerprint density at radius 1 is 0.883 bits per heavy atom. The number of hydrogen-bond acceptors (Lipinski definition) is 9. The molecule has 4 rings (SSSR count). The van der Waals surface area contributed by atoms with Gasteiger partial charge in [-0.2, -0.15) is 4.39 Å². The Morgan fingerprint density at radius 3 is 2.13 bits per heavy atom. The molecule has 1 fully saturated rings. The van der Waals surface area contributed by atoms with Crippen molar-refractivity contribution >= 4 is 47.1 Å². The largest absolute Gasteiger partial charge is 0.494 e. The van der Waals surface area contributed by atoms with Gasteiger partial charge in [0.25, 0.3) is 11.8 Å². The monoisotopic (exact) mass is 860 g/mol. The van der Waals surface area contributed by atoms with Crippen molar-refractivity contribution in [3.8, 4) is 17.0 Å². The van der Waals surface area contributed by atoms with Crippen molar-refractivity contribution in [2.24, 2.45) is 7.05 Å². The van der Waals surface area contributed by atoms with E-state index in [4.69, 9.17) is 25.8 Å². The Bertz CT molecular complexity index is 2060. The number of hydrogen-bond donors (Lipinski definition) is 2. The maximum atomic E-state index is 14.8.